The largest absolute Gasteiger partial charge is 0.352 e. The number of nitrogens with one attached hydrogen (secondary N) is 2. The van der Waals surface area contributed by atoms with Crippen molar-refractivity contribution < 1.29 is 4.79 Å². The first-order chi connectivity index (χ1) is 14.6. The fraction of sp³-hybridized carbons (Fsp3) is 0.238. The fourth-order valence-corrected chi connectivity index (χ4v) is 3.38. The van der Waals surface area contributed by atoms with Crippen LogP contribution in [0.2, 0.25) is 5.02 Å². The quantitative estimate of drug-likeness (QED) is 0.661. The third-order valence-electron chi connectivity index (χ3n) is 4.80. The zero-order valence-electron chi connectivity index (χ0n) is 16.5. The molecule has 1 aromatic carbocycles. The van der Waals surface area contributed by atoms with Gasteiger partial charge in [0.05, 0.1) is 10.7 Å². The monoisotopic (exact) mass is 423 g/mol. The summed E-state index contributed by atoms with van der Waals surface area (Å²) in [5.74, 6) is 2.15. The fourth-order valence-electron chi connectivity index (χ4n) is 3.20. The summed E-state index contributed by atoms with van der Waals surface area (Å²) in [6.45, 7) is 4.47. The molecule has 0 unspecified atom stereocenters. The lowest BCUT2D eigenvalue weighted by Crippen LogP contribution is -2.50. The molecule has 1 aliphatic heterocycles. The predicted molar refractivity (Wildman–Crippen MR) is 119 cm³/mol. The lowest BCUT2D eigenvalue weighted by atomic mass is 10.3. The standard InChI is InChI=1S/C21H22ClN7O/c1-15-5-4-8-18(23-15)25-19-9-10-20(27-26-19)28-11-13-29(14-12-28)21(30)24-17-7-3-2-6-16(17)22/h2-10H,11-14H2,1H3,(H,24,30)(H,23,25,26). The van der Waals surface area contributed by atoms with Crippen LogP contribution in [0.5, 0.6) is 0 Å². The van der Waals surface area contributed by atoms with Gasteiger partial charge in [0.1, 0.15) is 5.82 Å². The third-order valence-corrected chi connectivity index (χ3v) is 5.13. The number of rotatable bonds is 4. The van der Waals surface area contributed by atoms with Gasteiger partial charge in [-0.05, 0) is 43.3 Å². The number of anilines is 4. The maximum atomic E-state index is 12.5. The van der Waals surface area contributed by atoms with Gasteiger partial charge in [0.15, 0.2) is 11.6 Å². The smallest absolute Gasteiger partial charge is 0.322 e. The molecule has 4 rings (SSSR count). The maximum Gasteiger partial charge on any atom is 0.322 e. The molecule has 0 spiro atoms. The van der Waals surface area contributed by atoms with Crippen molar-refractivity contribution in [3.63, 3.8) is 0 Å². The highest BCUT2D eigenvalue weighted by Gasteiger charge is 2.22. The number of pyridine rings is 1. The Hall–Kier alpha value is -3.39. The molecule has 1 fully saturated rings. The summed E-state index contributed by atoms with van der Waals surface area (Å²) >= 11 is 6.12. The van der Waals surface area contributed by atoms with E-state index in [0.29, 0.717) is 42.7 Å². The number of benzene rings is 1. The molecule has 0 saturated carbocycles. The van der Waals surface area contributed by atoms with E-state index < -0.39 is 0 Å². The highest BCUT2D eigenvalue weighted by molar-refractivity contribution is 6.33. The summed E-state index contributed by atoms with van der Waals surface area (Å²) in [6.07, 6.45) is 0. The van der Waals surface area contributed by atoms with Crippen LogP contribution in [-0.4, -0.2) is 52.3 Å². The van der Waals surface area contributed by atoms with Gasteiger partial charge in [-0.2, -0.15) is 0 Å². The summed E-state index contributed by atoms with van der Waals surface area (Å²) in [5, 5.41) is 15.1. The molecule has 9 heteroatoms. The van der Waals surface area contributed by atoms with E-state index in [2.05, 4.69) is 30.7 Å². The summed E-state index contributed by atoms with van der Waals surface area (Å²) in [4.78, 5) is 20.8. The molecule has 2 N–H and O–H groups in total. The molecule has 1 aliphatic rings. The van der Waals surface area contributed by atoms with Crippen LogP contribution in [0.4, 0.5) is 27.9 Å². The Morgan fingerprint density at radius 3 is 2.43 bits per heavy atom. The first-order valence-corrected chi connectivity index (χ1v) is 10.1. The zero-order chi connectivity index (χ0) is 20.9. The van der Waals surface area contributed by atoms with Gasteiger partial charge >= 0.3 is 6.03 Å². The highest BCUT2D eigenvalue weighted by Crippen LogP contribution is 2.21. The Bertz CT molecular complexity index is 1020. The number of carbonyl (C=O) groups is 1. The molecule has 1 saturated heterocycles. The van der Waals surface area contributed by atoms with E-state index in [4.69, 9.17) is 11.6 Å². The molecular weight excluding hydrogens is 402 g/mol. The number of aryl methyl sites for hydroxylation is 1. The van der Waals surface area contributed by atoms with E-state index in [1.807, 2.05) is 49.4 Å². The molecule has 3 aromatic rings. The summed E-state index contributed by atoms with van der Waals surface area (Å²) in [7, 11) is 0. The molecule has 3 heterocycles. The van der Waals surface area contributed by atoms with Crippen LogP contribution in [0.15, 0.2) is 54.6 Å². The lowest BCUT2D eigenvalue weighted by molar-refractivity contribution is 0.208. The molecule has 0 atom stereocenters. The average Bonchev–Trinajstić information content (AvgIpc) is 2.76. The van der Waals surface area contributed by atoms with Crippen molar-refractivity contribution in [1.82, 2.24) is 20.1 Å². The van der Waals surface area contributed by atoms with Crippen molar-refractivity contribution in [3.05, 3.63) is 65.3 Å². The number of urea groups is 1. The second-order valence-corrected chi connectivity index (χ2v) is 7.36. The van der Waals surface area contributed by atoms with Gasteiger partial charge in [-0.1, -0.05) is 29.8 Å². The number of amides is 2. The molecule has 30 heavy (non-hydrogen) atoms. The number of nitrogens with zero attached hydrogens (tertiary/aromatic N) is 5. The first kappa shape index (κ1) is 19.9. The summed E-state index contributed by atoms with van der Waals surface area (Å²) in [6, 6.07) is 16.6. The van der Waals surface area contributed by atoms with Gasteiger partial charge in [0.2, 0.25) is 0 Å². The van der Waals surface area contributed by atoms with Gasteiger partial charge in [-0.25, -0.2) is 9.78 Å². The highest BCUT2D eigenvalue weighted by atomic mass is 35.5. The van der Waals surface area contributed by atoms with Gasteiger partial charge in [0.25, 0.3) is 0 Å². The Kier molecular flexibility index (Phi) is 5.94. The van der Waals surface area contributed by atoms with Crippen LogP contribution in [-0.2, 0) is 0 Å². The van der Waals surface area contributed by atoms with Gasteiger partial charge in [0, 0.05) is 31.9 Å². The van der Waals surface area contributed by atoms with Crippen molar-refractivity contribution in [2.75, 3.05) is 41.7 Å². The normalized spacial score (nSPS) is 13.8. The van der Waals surface area contributed by atoms with Crippen LogP contribution < -0.4 is 15.5 Å². The molecular formula is C21H22ClN7O. The topological polar surface area (TPSA) is 86.3 Å². The zero-order valence-corrected chi connectivity index (χ0v) is 17.3. The Labute approximate surface area is 179 Å². The number of carbonyl (C=O) groups excluding carboxylic acids is 1. The SMILES string of the molecule is Cc1cccc(Nc2ccc(N3CCN(C(=O)Nc4ccccc4Cl)CC3)nn2)n1. The minimum absolute atomic E-state index is 0.154. The number of piperazine rings is 1. The summed E-state index contributed by atoms with van der Waals surface area (Å²) < 4.78 is 0. The van der Waals surface area contributed by atoms with E-state index in [9.17, 15) is 4.79 Å². The van der Waals surface area contributed by atoms with Gasteiger partial charge in [-0.3, -0.25) is 0 Å². The van der Waals surface area contributed by atoms with Crippen LogP contribution in [0.25, 0.3) is 0 Å². The Morgan fingerprint density at radius 2 is 1.73 bits per heavy atom. The molecule has 2 aromatic heterocycles. The molecule has 8 nitrogen and oxygen atoms in total. The molecule has 0 bridgehead atoms. The Morgan fingerprint density at radius 1 is 0.933 bits per heavy atom. The summed E-state index contributed by atoms with van der Waals surface area (Å²) in [5.41, 5.74) is 1.55. The number of halogens is 1. The molecule has 154 valence electrons. The van der Waals surface area contributed by atoms with Crippen molar-refractivity contribution in [2.45, 2.75) is 6.92 Å². The third kappa shape index (κ3) is 4.77. The van der Waals surface area contributed by atoms with Crippen LogP contribution in [0.3, 0.4) is 0 Å². The Balaban J connectivity index is 1.31. The van der Waals surface area contributed by atoms with Crippen LogP contribution >= 0.6 is 11.6 Å². The number of hydrogen-bond donors (Lipinski definition) is 2. The van der Waals surface area contributed by atoms with E-state index in [-0.39, 0.29) is 6.03 Å². The molecule has 0 radical (unpaired) electrons. The van der Waals surface area contributed by atoms with Crippen LogP contribution in [0.1, 0.15) is 5.69 Å². The second-order valence-electron chi connectivity index (χ2n) is 6.95. The first-order valence-electron chi connectivity index (χ1n) is 9.68. The molecule has 2 amide bonds. The van der Waals surface area contributed by atoms with Crippen molar-refractivity contribution in [1.29, 1.82) is 0 Å². The van der Waals surface area contributed by atoms with Crippen molar-refractivity contribution in [3.8, 4) is 0 Å². The number of para-hydroxylation sites is 1. The van der Waals surface area contributed by atoms with E-state index >= 15 is 0 Å². The molecule has 0 aliphatic carbocycles. The number of aromatic nitrogens is 3. The van der Waals surface area contributed by atoms with Crippen LogP contribution in [0, 0.1) is 6.92 Å². The number of hydrogen-bond acceptors (Lipinski definition) is 6. The second kappa shape index (κ2) is 8.96. The van der Waals surface area contributed by atoms with E-state index in [0.717, 1.165) is 17.3 Å². The minimum atomic E-state index is -0.154. The lowest BCUT2D eigenvalue weighted by Gasteiger charge is -2.35. The van der Waals surface area contributed by atoms with Gasteiger partial charge in [-0.15, -0.1) is 10.2 Å². The average molecular weight is 424 g/mol. The minimum Gasteiger partial charge on any atom is -0.352 e. The maximum absolute atomic E-state index is 12.5. The van der Waals surface area contributed by atoms with E-state index in [1.54, 1.807) is 17.0 Å². The van der Waals surface area contributed by atoms with Crippen molar-refractivity contribution >= 4 is 40.8 Å². The van der Waals surface area contributed by atoms with Crippen molar-refractivity contribution in [2.24, 2.45) is 0 Å². The van der Waals surface area contributed by atoms with E-state index in [1.165, 1.54) is 0 Å². The van der Waals surface area contributed by atoms with Gasteiger partial charge < -0.3 is 20.4 Å². The predicted octanol–water partition coefficient (Wildman–Crippen LogP) is 3.93.